The monoisotopic (exact) mass is 156 g/mol. The Balaban J connectivity index is 3.46. The van der Waals surface area contributed by atoms with Gasteiger partial charge >= 0.3 is 0 Å². The molecule has 0 aromatic carbocycles. The molecule has 0 aromatic heterocycles. The summed E-state index contributed by atoms with van der Waals surface area (Å²) in [7, 11) is 0. The van der Waals surface area contributed by atoms with Gasteiger partial charge in [-0.3, -0.25) is 0 Å². The van der Waals surface area contributed by atoms with Gasteiger partial charge in [0.2, 0.25) is 0 Å². The van der Waals surface area contributed by atoms with Gasteiger partial charge in [0.05, 0.1) is 11.5 Å². The van der Waals surface area contributed by atoms with E-state index in [1.807, 2.05) is 0 Å². The summed E-state index contributed by atoms with van der Waals surface area (Å²) in [6.07, 6.45) is -0.524. The maximum absolute atomic E-state index is 8.77. The Morgan fingerprint density at radius 3 is 1.62 bits per heavy atom. The van der Waals surface area contributed by atoms with Gasteiger partial charge in [0.25, 0.3) is 0 Å². The molecule has 0 saturated heterocycles. The number of alkyl halides is 2. The maximum Gasteiger partial charge on any atom is 0.0753 e. The number of rotatable bonds is 2. The number of hydrogen-bond donors (Lipinski definition) is 1. The lowest BCUT2D eigenvalue weighted by atomic mass is 10.2. The van der Waals surface area contributed by atoms with Crippen LogP contribution in [0.4, 0.5) is 0 Å². The molecule has 0 aliphatic rings. The molecule has 0 fully saturated rings. The highest BCUT2D eigenvalue weighted by molar-refractivity contribution is 6.30. The zero-order valence-electron chi connectivity index (χ0n) is 4.94. The van der Waals surface area contributed by atoms with Crippen molar-refractivity contribution in [1.29, 1.82) is 0 Å². The van der Waals surface area contributed by atoms with Gasteiger partial charge in [0.15, 0.2) is 0 Å². The van der Waals surface area contributed by atoms with Crippen LogP contribution in [0.5, 0.6) is 0 Å². The van der Waals surface area contributed by atoms with E-state index in [4.69, 9.17) is 28.3 Å². The fraction of sp³-hybridized carbons (Fsp3) is 1.00. The fourth-order valence-corrected chi connectivity index (χ4v) is 0.594. The number of aliphatic hydroxyl groups excluding tert-OH is 1. The van der Waals surface area contributed by atoms with Crippen LogP contribution in [0.1, 0.15) is 13.8 Å². The first-order valence-electron chi connectivity index (χ1n) is 2.52. The van der Waals surface area contributed by atoms with Crippen LogP contribution in [0, 0.1) is 0 Å². The van der Waals surface area contributed by atoms with E-state index in [1.54, 1.807) is 13.8 Å². The highest BCUT2D eigenvalue weighted by atomic mass is 35.5. The minimum Gasteiger partial charge on any atom is -0.392 e. The Kier molecular flexibility index (Phi) is 3.78. The lowest BCUT2D eigenvalue weighted by Gasteiger charge is -2.13. The van der Waals surface area contributed by atoms with E-state index in [1.165, 1.54) is 0 Å². The van der Waals surface area contributed by atoms with E-state index in [0.717, 1.165) is 0 Å². The van der Waals surface area contributed by atoms with Gasteiger partial charge in [0.1, 0.15) is 0 Å². The van der Waals surface area contributed by atoms with Gasteiger partial charge in [-0.25, -0.2) is 0 Å². The molecule has 1 nitrogen and oxygen atoms in total. The van der Waals surface area contributed by atoms with Crippen LogP contribution in [-0.2, 0) is 0 Å². The Morgan fingerprint density at radius 1 is 1.25 bits per heavy atom. The normalized spacial score (nSPS) is 22.1. The van der Waals surface area contributed by atoms with Gasteiger partial charge in [-0.1, -0.05) is 0 Å². The molecule has 0 heterocycles. The lowest BCUT2D eigenvalue weighted by Crippen LogP contribution is -2.24. The molecule has 0 rings (SSSR count). The molecule has 0 spiro atoms. The largest absolute Gasteiger partial charge is 0.392 e. The van der Waals surface area contributed by atoms with Gasteiger partial charge in [0, 0.05) is 5.38 Å². The van der Waals surface area contributed by atoms with Crippen LogP contribution in [0.2, 0.25) is 0 Å². The minimum absolute atomic E-state index is 0.170. The second kappa shape index (κ2) is 3.54. The first-order chi connectivity index (χ1) is 3.55. The van der Waals surface area contributed by atoms with Crippen LogP contribution in [0.15, 0.2) is 0 Å². The topological polar surface area (TPSA) is 20.2 Å². The molecule has 0 aliphatic heterocycles. The summed E-state index contributed by atoms with van der Waals surface area (Å²) in [5, 5.41) is 8.27. The van der Waals surface area contributed by atoms with Crippen LogP contribution in [0.3, 0.4) is 0 Å². The fourth-order valence-electron chi connectivity index (χ4n) is 0.384. The summed E-state index contributed by atoms with van der Waals surface area (Å²) < 4.78 is 0. The summed E-state index contributed by atoms with van der Waals surface area (Å²) >= 11 is 11.1. The van der Waals surface area contributed by atoms with E-state index < -0.39 is 6.10 Å². The summed E-state index contributed by atoms with van der Waals surface area (Å²) in [6, 6.07) is 0. The van der Waals surface area contributed by atoms with Crippen LogP contribution < -0.4 is 0 Å². The predicted octanol–water partition coefficient (Wildman–Crippen LogP) is 1.60. The molecular weight excluding hydrogens is 147 g/mol. The number of halogens is 2. The SMILES string of the molecule is C[C@@H](O)[C@H](Cl)[C@@H](C)Cl. The summed E-state index contributed by atoms with van der Waals surface area (Å²) in [5.74, 6) is 0. The molecule has 0 amide bonds. The molecule has 0 aromatic rings. The summed E-state index contributed by atoms with van der Waals surface area (Å²) in [4.78, 5) is 0. The maximum atomic E-state index is 8.77. The standard InChI is InChI=1S/C5H10Cl2O/c1-3(6)5(7)4(2)8/h3-5,8H,1-2H3/t3-,4-,5-/m1/s1. The first kappa shape index (κ1) is 8.54. The van der Waals surface area contributed by atoms with E-state index in [0.29, 0.717) is 0 Å². The molecule has 1 N–H and O–H groups in total. The molecule has 3 atom stereocenters. The average Bonchev–Trinajstić information content (AvgIpc) is 1.64. The summed E-state index contributed by atoms with van der Waals surface area (Å²) in [6.45, 7) is 3.38. The van der Waals surface area contributed by atoms with Gasteiger partial charge in [-0.15, -0.1) is 23.2 Å². The van der Waals surface area contributed by atoms with Crippen molar-refractivity contribution >= 4 is 23.2 Å². The van der Waals surface area contributed by atoms with E-state index >= 15 is 0 Å². The molecule has 0 unspecified atom stereocenters. The van der Waals surface area contributed by atoms with Gasteiger partial charge in [-0.2, -0.15) is 0 Å². The molecule has 50 valence electrons. The smallest absolute Gasteiger partial charge is 0.0753 e. The molecular formula is C5H10Cl2O. The minimum atomic E-state index is -0.524. The van der Waals surface area contributed by atoms with Crippen molar-refractivity contribution in [3.8, 4) is 0 Å². The van der Waals surface area contributed by atoms with E-state index in [2.05, 4.69) is 0 Å². The Morgan fingerprint density at radius 2 is 1.62 bits per heavy atom. The Bertz CT molecular complexity index is 55.4. The van der Waals surface area contributed by atoms with E-state index in [-0.39, 0.29) is 10.8 Å². The van der Waals surface area contributed by atoms with Crippen LogP contribution >= 0.6 is 23.2 Å². The second-order valence-electron chi connectivity index (χ2n) is 1.86. The van der Waals surface area contributed by atoms with Crippen molar-refractivity contribution in [1.82, 2.24) is 0 Å². The molecule has 3 heteroatoms. The zero-order chi connectivity index (χ0) is 6.73. The average molecular weight is 157 g/mol. The van der Waals surface area contributed by atoms with Crippen molar-refractivity contribution in [2.24, 2.45) is 0 Å². The lowest BCUT2D eigenvalue weighted by molar-refractivity contribution is 0.188. The molecule has 0 saturated carbocycles. The molecule has 0 radical (unpaired) electrons. The highest BCUT2D eigenvalue weighted by Gasteiger charge is 2.16. The molecule has 0 aliphatic carbocycles. The number of hydrogen-bond acceptors (Lipinski definition) is 1. The van der Waals surface area contributed by atoms with Gasteiger partial charge in [-0.05, 0) is 13.8 Å². The zero-order valence-corrected chi connectivity index (χ0v) is 6.45. The third-order valence-electron chi connectivity index (χ3n) is 0.900. The molecule has 0 bridgehead atoms. The van der Waals surface area contributed by atoms with E-state index in [9.17, 15) is 0 Å². The van der Waals surface area contributed by atoms with Crippen molar-refractivity contribution in [3.63, 3.8) is 0 Å². The third-order valence-corrected chi connectivity index (χ3v) is 2.04. The third kappa shape index (κ3) is 2.75. The van der Waals surface area contributed by atoms with Crippen molar-refractivity contribution in [3.05, 3.63) is 0 Å². The highest BCUT2D eigenvalue weighted by Crippen LogP contribution is 2.12. The summed E-state index contributed by atoms with van der Waals surface area (Å²) in [5.41, 5.74) is 0. The van der Waals surface area contributed by atoms with Gasteiger partial charge < -0.3 is 5.11 Å². The van der Waals surface area contributed by atoms with Crippen molar-refractivity contribution in [2.75, 3.05) is 0 Å². The first-order valence-corrected chi connectivity index (χ1v) is 3.39. The molecule has 8 heavy (non-hydrogen) atoms. The predicted molar refractivity (Wildman–Crippen MR) is 36.6 cm³/mol. The van der Waals surface area contributed by atoms with Crippen molar-refractivity contribution in [2.45, 2.75) is 30.7 Å². The van der Waals surface area contributed by atoms with Crippen LogP contribution in [0.25, 0.3) is 0 Å². The quantitative estimate of drug-likeness (QED) is 0.603. The second-order valence-corrected chi connectivity index (χ2v) is 3.05. The number of aliphatic hydroxyl groups is 1. The Labute approximate surface area is 59.6 Å². The van der Waals surface area contributed by atoms with Crippen molar-refractivity contribution < 1.29 is 5.11 Å². The van der Waals surface area contributed by atoms with Crippen LogP contribution in [-0.4, -0.2) is 22.0 Å². The Hall–Kier alpha value is 0.540.